The van der Waals surface area contributed by atoms with Gasteiger partial charge >= 0.3 is 6.18 Å². The molecule has 0 amide bonds. The van der Waals surface area contributed by atoms with E-state index < -0.39 is 38.6 Å². The number of alkyl halides is 3. The highest BCUT2D eigenvalue weighted by Gasteiger charge is 2.37. The van der Waals surface area contributed by atoms with Crippen molar-refractivity contribution in [1.29, 1.82) is 0 Å². The summed E-state index contributed by atoms with van der Waals surface area (Å²) in [7, 11) is -4.41. The third-order valence-corrected chi connectivity index (χ3v) is 7.98. The number of hydrogen-bond donors (Lipinski definition) is 1. The van der Waals surface area contributed by atoms with Crippen LogP contribution in [0, 0.1) is 5.82 Å². The predicted molar refractivity (Wildman–Crippen MR) is 143 cm³/mol. The number of nitrogens with zero attached hydrogens (tertiary/aromatic N) is 1. The van der Waals surface area contributed by atoms with Crippen molar-refractivity contribution in [1.82, 2.24) is 0 Å². The molecule has 1 atom stereocenters. The van der Waals surface area contributed by atoms with Crippen molar-refractivity contribution < 1.29 is 30.7 Å². The van der Waals surface area contributed by atoms with Gasteiger partial charge in [-0.25, -0.2) is 12.8 Å². The predicted octanol–water partition coefficient (Wildman–Crippen LogP) is 6.79. The Hall–Kier alpha value is -2.79. The Labute approximate surface area is 229 Å². The van der Waals surface area contributed by atoms with Crippen LogP contribution in [0.15, 0.2) is 65.6 Å². The summed E-state index contributed by atoms with van der Waals surface area (Å²) in [4.78, 5) is -0.503. The van der Waals surface area contributed by atoms with Crippen LogP contribution in [-0.4, -0.2) is 27.6 Å². The first-order valence-electron chi connectivity index (χ1n) is 11.3. The van der Waals surface area contributed by atoms with Gasteiger partial charge in [0.05, 0.1) is 27.7 Å². The molecule has 1 heterocycles. The maximum absolute atomic E-state index is 14.4. The Bertz CT molecular complexity index is 1440. The van der Waals surface area contributed by atoms with E-state index in [1.807, 2.05) is 0 Å². The zero-order chi connectivity index (χ0) is 27.0. The summed E-state index contributed by atoms with van der Waals surface area (Å²) in [6.07, 6.45) is -3.34. The van der Waals surface area contributed by atoms with Crippen LogP contribution in [-0.2, 0) is 16.2 Å². The summed E-state index contributed by atoms with van der Waals surface area (Å²) < 4.78 is 88.4. The number of sulfonamides is 1. The molecule has 3 aromatic carbocycles. The van der Waals surface area contributed by atoms with Crippen molar-refractivity contribution in [3.8, 4) is 5.75 Å². The first-order chi connectivity index (χ1) is 17.4. The molecular weight excluding hydrogens is 567 g/mol. The second-order valence-electron chi connectivity index (χ2n) is 8.53. The summed E-state index contributed by atoms with van der Waals surface area (Å²) in [5, 5.41) is 0.216. The molecule has 4 rings (SSSR count). The van der Waals surface area contributed by atoms with Crippen LogP contribution in [0.3, 0.4) is 0 Å². The van der Waals surface area contributed by atoms with E-state index >= 15 is 0 Å². The first-order valence-corrected chi connectivity index (χ1v) is 13.1. The van der Waals surface area contributed by atoms with Crippen LogP contribution in [0.4, 0.5) is 23.2 Å². The molecule has 0 spiro atoms. The minimum atomic E-state index is -4.71. The van der Waals surface area contributed by atoms with Gasteiger partial charge in [0.15, 0.2) is 0 Å². The molecular formula is C26H24Cl2F4N2O3S. The molecule has 0 bridgehead atoms. The van der Waals surface area contributed by atoms with Crippen LogP contribution in [0.5, 0.6) is 5.75 Å². The summed E-state index contributed by atoms with van der Waals surface area (Å²) >= 11 is 6.17. The number of fused-ring (bicyclic) bond motifs is 1. The molecule has 0 fully saturated rings. The zero-order valence-corrected chi connectivity index (χ0v) is 22.4. The highest BCUT2D eigenvalue weighted by Crippen LogP contribution is 2.40. The van der Waals surface area contributed by atoms with E-state index in [1.54, 1.807) is 31.2 Å². The fourth-order valence-corrected chi connectivity index (χ4v) is 6.00. The first kappa shape index (κ1) is 29.8. The number of nitrogens with two attached hydrogens (primary N) is 1. The highest BCUT2D eigenvalue weighted by atomic mass is 35.5. The van der Waals surface area contributed by atoms with E-state index in [-0.39, 0.29) is 47.5 Å². The van der Waals surface area contributed by atoms with Crippen LogP contribution in [0.25, 0.3) is 11.6 Å². The van der Waals surface area contributed by atoms with E-state index in [1.165, 1.54) is 18.2 Å². The number of benzene rings is 3. The Morgan fingerprint density at radius 3 is 2.53 bits per heavy atom. The van der Waals surface area contributed by atoms with Crippen molar-refractivity contribution in [2.24, 2.45) is 5.73 Å². The van der Waals surface area contributed by atoms with E-state index in [9.17, 15) is 26.0 Å². The maximum Gasteiger partial charge on any atom is 0.416 e. The van der Waals surface area contributed by atoms with Gasteiger partial charge in [-0.1, -0.05) is 35.9 Å². The van der Waals surface area contributed by atoms with Gasteiger partial charge in [0.1, 0.15) is 17.7 Å². The van der Waals surface area contributed by atoms with Gasteiger partial charge in [-0.05, 0) is 73.5 Å². The Morgan fingerprint density at radius 2 is 1.87 bits per heavy atom. The van der Waals surface area contributed by atoms with Gasteiger partial charge in [-0.2, -0.15) is 13.2 Å². The van der Waals surface area contributed by atoms with Gasteiger partial charge in [0.2, 0.25) is 0 Å². The summed E-state index contributed by atoms with van der Waals surface area (Å²) in [6.45, 7) is 1.74. The molecule has 1 aliphatic rings. The molecule has 5 nitrogen and oxygen atoms in total. The monoisotopic (exact) mass is 590 g/mol. The van der Waals surface area contributed by atoms with Crippen LogP contribution in [0.1, 0.15) is 30.0 Å². The molecule has 1 unspecified atom stereocenters. The molecule has 0 radical (unpaired) electrons. The Balaban J connectivity index is 0.00000400. The minimum absolute atomic E-state index is 0. The van der Waals surface area contributed by atoms with E-state index in [0.717, 1.165) is 22.5 Å². The fourth-order valence-electron chi connectivity index (χ4n) is 4.14. The SMILES string of the molecule is CC(=Cc1ccc2c(c1)N(S(=O)(=O)c1cccc(C(F)(F)F)c1)CC(CCN)O2)c1c(F)cccc1Cl.Cl. The van der Waals surface area contributed by atoms with E-state index in [0.29, 0.717) is 23.6 Å². The normalized spacial score (nSPS) is 15.9. The molecule has 3 aromatic rings. The van der Waals surface area contributed by atoms with E-state index in [4.69, 9.17) is 22.1 Å². The molecule has 1 aliphatic heterocycles. The molecule has 38 heavy (non-hydrogen) atoms. The fraction of sp³-hybridized carbons (Fsp3) is 0.231. The highest BCUT2D eigenvalue weighted by molar-refractivity contribution is 7.92. The lowest BCUT2D eigenvalue weighted by Gasteiger charge is -2.35. The second-order valence-corrected chi connectivity index (χ2v) is 10.8. The molecule has 204 valence electrons. The molecule has 2 N–H and O–H groups in total. The van der Waals surface area contributed by atoms with Crippen LogP contribution >= 0.6 is 24.0 Å². The number of ether oxygens (including phenoxy) is 1. The number of halogens is 6. The number of allylic oxidation sites excluding steroid dienone is 1. The smallest absolute Gasteiger partial charge is 0.416 e. The lowest BCUT2D eigenvalue weighted by molar-refractivity contribution is -0.137. The average Bonchev–Trinajstić information content (AvgIpc) is 2.83. The second kappa shape index (κ2) is 11.5. The van der Waals surface area contributed by atoms with Gasteiger partial charge in [-0.3, -0.25) is 4.31 Å². The number of hydrogen-bond acceptors (Lipinski definition) is 4. The minimum Gasteiger partial charge on any atom is -0.486 e. The van der Waals surface area contributed by atoms with Gasteiger partial charge in [0, 0.05) is 5.56 Å². The van der Waals surface area contributed by atoms with Crippen molar-refractivity contribution >= 4 is 51.4 Å². The average molecular weight is 591 g/mol. The van der Waals surface area contributed by atoms with Crippen LogP contribution in [0.2, 0.25) is 5.02 Å². The topological polar surface area (TPSA) is 72.6 Å². The molecule has 12 heteroatoms. The quantitative estimate of drug-likeness (QED) is 0.253. The van der Waals surface area contributed by atoms with Crippen molar-refractivity contribution in [2.75, 3.05) is 17.4 Å². The Morgan fingerprint density at radius 1 is 1.16 bits per heavy atom. The summed E-state index contributed by atoms with van der Waals surface area (Å²) in [6, 6.07) is 12.7. The third-order valence-electron chi connectivity index (χ3n) is 5.89. The third kappa shape index (κ3) is 6.09. The lowest BCUT2D eigenvalue weighted by Crippen LogP contribution is -2.44. The number of anilines is 1. The molecule has 0 saturated heterocycles. The van der Waals surface area contributed by atoms with Gasteiger partial charge < -0.3 is 10.5 Å². The maximum atomic E-state index is 14.4. The number of rotatable bonds is 6. The summed E-state index contributed by atoms with van der Waals surface area (Å²) in [5.41, 5.74) is 5.93. The molecule has 0 saturated carbocycles. The molecule has 0 aliphatic carbocycles. The van der Waals surface area contributed by atoms with Crippen molar-refractivity contribution in [3.05, 3.63) is 88.2 Å². The van der Waals surface area contributed by atoms with Gasteiger partial charge in [-0.15, -0.1) is 12.4 Å². The standard InChI is InChI=1S/C26H23ClF4N2O3S.ClH/c1-16(25-21(27)6-3-7-22(25)28)12-17-8-9-24-23(13-17)33(15-19(36-24)10-11-32)37(34,35)20-5-2-4-18(14-20)26(29,30)31;/h2-9,12-14,19H,10-11,15,32H2,1H3;1H. The zero-order valence-electron chi connectivity index (χ0n) is 20.0. The van der Waals surface area contributed by atoms with Crippen molar-refractivity contribution in [2.45, 2.75) is 30.5 Å². The van der Waals surface area contributed by atoms with Crippen molar-refractivity contribution in [3.63, 3.8) is 0 Å². The van der Waals surface area contributed by atoms with Gasteiger partial charge in [0.25, 0.3) is 10.0 Å². The Kier molecular flexibility index (Phi) is 9.03. The van der Waals surface area contributed by atoms with Crippen LogP contribution < -0.4 is 14.8 Å². The lowest BCUT2D eigenvalue weighted by atomic mass is 10.0. The molecule has 0 aromatic heterocycles. The van der Waals surface area contributed by atoms with E-state index in [2.05, 4.69) is 0 Å². The largest absolute Gasteiger partial charge is 0.486 e. The summed E-state index contributed by atoms with van der Waals surface area (Å²) in [5.74, 6) is -0.278.